The SMILES string of the molecule is O=C(O)[C@@H](CS)NSc1ncccc1[N+](=O)[O-]. The Morgan fingerprint density at radius 3 is 3.00 bits per heavy atom. The van der Waals surface area contributed by atoms with Gasteiger partial charge in [0.2, 0.25) is 0 Å². The Hall–Kier alpha value is -1.32. The van der Waals surface area contributed by atoms with E-state index >= 15 is 0 Å². The molecule has 2 N–H and O–H groups in total. The van der Waals surface area contributed by atoms with Crippen molar-refractivity contribution in [3.05, 3.63) is 28.4 Å². The van der Waals surface area contributed by atoms with Crippen LogP contribution < -0.4 is 4.72 Å². The smallest absolute Gasteiger partial charge is 0.322 e. The monoisotopic (exact) mass is 275 g/mol. The van der Waals surface area contributed by atoms with E-state index in [9.17, 15) is 14.9 Å². The van der Waals surface area contributed by atoms with Crippen LogP contribution in [0.25, 0.3) is 0 Å². The summed E-state index contributed by atoms with van der Waals surface area (Å²) in [4.78, 5) is 24.6. The van der Waals surface area contributed by atoms with Gasteiger partial charge in [-0.15, -0.1) is 0 Å². The number of hydrogen-bond acceptors (Lipinski definition) is 7. The van der Waals surface area contributed by atoms with Crippen LogP contribution in [0.4, 0.5) is 5.69 Å². The normalized spacial score (nSPS) is 12.1. The Balaban J connectivity index is 2.75. The molecule has 1 aromatic heterocycles. The molecule has 9 heteroatoms. The van der Waals surface area contributed by atoms with Crippen molar-refractivity contribution in [2.24, 2.45) is 0 Å². The van der Waals surface area contributed by atoms with Crippen LogP contribution in [0.1, 0.15) is 0 Å². The molecule has 0 aliphatic carbocycles. The third kappa shape index (κ3) is 3.88. The zero-order chi connectivity index (χ0) is 12.8. The number of nitro groups is 1. The molecule has 1 rings (SSSR count). The van der Waals surface area contributed by atoms with Gasteiger partial charge in [-0.1, -0.05) is 0 Å². The first-order valence-corrected chi connectivity index (χ1v) is 5.86. The zero-order valence-corrected chi connectivity index (χ0v) is 10.1. The van der Waals surface area contributed by atoms with Crippen LogP contribution in [-0.2, 0) is 4.79 Å². The highest BCUT2D eigenvalue weighted by Gasteiger charge is 2.19. The number of nitrogens with one attached hydrogen (secondary N) is 1. The summed E-state index contributed by atoms with van der Waals surface area (Å²) < 4.78 is 2.55. The first kappa shape index (κ1) is 13.7. The Labute approximate surface area is 106 Å². The van der Waals surface area contributed by atoms with Gasteiger partial charge in [-0.05, 0) is 18.0 Å². The fourth-order valence-electron chi connectivity index (χ4n) is 0.893. The fraction of sp³-hybridized carbons (Fsp3) is 0.250. The number of aromatic nitrogens is 1. The van der Waals surface area contributed by atoms with Crippen LogP contribution in [0.15, 0.2) is 23.4 Å². The Kier molecular flexibility index (Phi) is 5.19. The molecular weight excluding hydrogens is 266 g/mol. The lowest BCUT2D eigenvalue weighted by Gasteiger charge is -2.09. The van der Waals surface area contributed by atoms with Gasteiger partial charge in [0.25, 0.3) is 0 Å². The van der Waals surface area contributed by atoms with Gasteiger partial charge in [-0.3, -0.25) is 14.9 Å². The lowest BCUT2D eigenvalue weighted by atomic mass is 10.4. The molecule has 0 unspecified atom stereocenters. The number of nitrogens with zero attached hydrogens (tertiary/aromatic N) is 2. The Morgan fingerprint density at radius 1 is 1.76 bits per heavy atom. The van der Waals surface area contributed by atoms with Gasteiger partial charge in [0.15, 0.2) is 5.03 Å². The summed E-state index contributed by atoms with van der Waals surface area (Å²) in [6.45, 7) is 0. The number of carboxylic acids is 1. The lowest BCUT2D eigenvalue weighted by Crippen LogP contribution is -2.33. The minimum Gasteiger partial charge on any atom is -0.480 e. The van der Waals surface area contributed by atoms with E-state index in [2.05, 4.69) is 22.3 Å². The first-order chi connectivity index (χ1) is 8.06. The predicted octanol–water partition coefficient (Wildman–Crippen LogP) is 0.970. The minimum absolute atomic E-state index is 0.0724. The number of carbonyl (C=O) groups is 1. The Morgan fingerprint density at radius 2 is 2.47 bits per heavy atom. The fourth-order valence-corrected chi connectivity index (χ4v) is 2.06. The third-order valence-electron chi connectivity index (χ3n) is 1.73. The van der Waals surface area contributed by atoms with E-state index in [-0.39, 0.29) is 16.5 Å². The van der Waals surface area contributed by atoms with Crippen LogP contribution in [0.3, 0.4) is 0 Å². The van der Waals surface area contributed by atoms with Crippen LogP contribution in [0.2, 0.25) is 0 Å². The van der Waals surface area contributed by atoms with E-state index in [1.54, 1.807) is 0 Å². The summed E-state index contributed by atoms with van der Waals surface area (Å²) in [5.41, 5.74) is -0.173. The average molecular weight is 275 g/mol. The number of thiol groups is 1. The Bertz CT molecular complexity index is 429. The maximum absolute atomic E-state index is 10.7. The van der Waals surface area contributed by atoms with Gasteiger partial charge in [0, 0.05) is 18.0 Å². The number of pyridine rings is 1. The van der Waals surface area contributed by atoms with Crippen molar-refractivity contribution < 1.29 is 14.8 Å². The van der Waals surface area contributed by atoms with E-state index in [1.165, 1.54) is 18.3 Å². The molecule has 0 bridgehead atoms. The standard InChI is InChI=1S/C8H9N3O4S2/c12-8(13)5(4-16)10-17-7-6(11(14)15)2-1-3-9-7/h1-3,5,10,16H,4H2,(H,12,13)/t5-/m1/s1. The van der Waals surface area contributed by atoms with Crippen LogP contribution in [0, 0.1) is 10.1 Å². The molecule has 0 fully saturated rings. The van der Waals surface area contributed by atoms with Crippen LogP contribution in [-0.4, -0.2) is 32.8 Å². The third-order valence-corrected chi connectivity index (χ3v) is 3.00. The van der Waals surface area contributed by atoms with Crippen molar-refractivity contribution >= 4 is 36.2 Å². The first-order valence-electron chi connectivity index (χ1n) is 4.41. The van der Waals surface area contributed by atoms with Crippen molar-refractivity contribution in [2.45, 2.75) is 11.1 Å². The molecule has 0 radical (unpaired) electrons. The second kappa shape index (κ2) is 6.42. The molecule has 0 spiro atoms. The van der Waals surface area contributed by atoms with Gasteiger partial charge in [0.05, 0.1) is 4.92 Å². The van der Waals surface area contributed by atoms with Crippen molar-refractivity contribution in [2.75, 3.05) is 5.75 Å². The van der Waals surface area contributed by atoms with E-state index in [1.807, 2.05) is 0 Å². The maximum Gasteiger partial charge on any atom is 0.322 e. The van der Waals surface area contributed by atoms with Gasteiger partial charge in [0.1, 0.15) is 6.04 Å². The topological polar surface area (TPSA) is 105 Å². The van der Waals surface area contributed by atoms with Crippen molar-refractivity contribution in [1.82, 2.24) is 9.71 Å². The molecule has 0 aromatic carbocycles. The average Bonchev–Trinajstić information content (AvgIpc) is 2.29. The molecule has 7 nitrogen and oxygen atoms in total. The quantitative estimate of drug-likeness (QED) is 0.307. The summed E-state index contributed by atoms with van der Waals surface area (Å²) in [6, 6.07) is 1.84. The highest BCUT2D eigenvalue weighted by atomic mass is 32.2. The minimum atomic E-state index is -1.08. The van der Waals surface area contributed by atoms with Crippen LogP contribution >= 0.6 is 24.6 Å². The second-order valence-electron chi connectivity index (χ2n) is 2.88. The molecule has 0 saturated carbocycles. The molecule has 17 heavy (non-hydrogen) atoms. The van der Waals surface area contributed by atoms with Crippen molar-refractivity contribution in [3.8, 4) is 0 Å². The maximum atomic E-state index is 10.7. The lowest BCUT2D eigenvalue weighted by molar-refractivity contribution is -0.388. The highest BCUT2D eigenvalue weighted by molar-refractivity contribution is 7.97. The van der Waals surface area contributed by atoms with E-state index in [0.717, 1.165) is 11.9 Å². The largest absolute Gasteiger partial charge is 0.480 e. The summed E-state index contributed by atoms with van der Waals surface area (Å²) in [5, 5.41) is 19.5. The summed E-state index contributed by atoms with van der Waals surface area (Å²) in [5.74, 6) is -1.01. The number of hydrogen-bond donors (Lipinski definition) is 3. The molecule has 0 aliphatic rings. The highest BCUT2D eigenvalue weighted by Crippen LogP contribution is 2.24. The summed E-state index contributed by atoms with van der Waals surface area (Å²) in [6.07, 6.45) is 1.40. The predicted molar refractivity (Wildman–Crippen MR) is 65.2 cm³/mol. The summed E-state index contributed by atoms with van der Waals surface area (Å²) in [7, 11) is 0. The molecule has 92 valence electrons. The van der Waals surface area contributed by atoms with Gasteiger partial charge in [-0.25, -0.2) is 9.71 Å². The molecule has 0 aliphatic heterocycles. The summed E-state index contributed by atoms with van der Waals surface area (Å²) >= 11 is 4.66. The van der Waals surface area contributed by atoms with Gasteiger partial charge >= 0.3 is 11.7 Å². The van der Waals surface area contributed by atoms with E-state index in [0.29, 0.717) is 0 Å². The molecule has 0 amide bonds. The van der Waals surface area contributed by atoms with Gasteiger partial charge in [-0.2, -0.15) is 12.6 Å². The second-order valence-corrected chi connectivity index (χ2v) is 4.07. The molecule has 0 saturated heterocycles. The molecule has 1 aromatic rings. The van der Waals surface area contributed by atoms with E-state index < -0.39 is 16.9 Å². The molecular formula is C8H9N3O4S2. The zero-order valence-electron chi connectivity index (χ0n) is 8.44. The van der Waals surface area contributed by atoms with Crippen molar-refractivity contribution in [3.63, 3.8) is 0 Å². The number of carboxylic acid groups (broad SMARTS) is 1. The van der Waals surface area contributed by atoms with Crippen LogP contribution in [0.5, 0.6) is 0 Å². The number of aliphatic carboxylic acids is 1. The van der Waals surface area contributed by atoms with Gasteiger partial charge < -0.3 is 5.11 Å². The number of rotatable bonds is 6. The van der Waals surface area contributed by atoms with E-state index in [4.69, 9.17) is 5.11 Å². The molecule has 1 atom stereocenters. The van der Waals surface area contributed by atoms with Crippen molar-refractivity contribution in [1.29, 1.82) is 0 Å². The molecule has 1 heterocycles.